The molecular formula is C40H24S4. The third-order valence-corrected chi connectivity index (χ3v) is 11.7. The summed E-state index contributed by atoms with van der Waals surface area (Å²) < 4.78 is 5.19. The van der Waals surface area contributed by atoms with E-state index in [0.717, 1.165) is 20.9 Å². The van der Waals surface area contributed by atoms with Crippen LogP contribution in [0, 0.1) is 37.5 Å². The number of hydrogen-bond donors (Lipinski definition) is 0. The standard InChI is InChI=1S/C40H24S4/c1-25-3-7-27(8-4-25)11-13-33-17-29-21-39-31(23-37(29)41-33)19-35(43-39)15-16-36-20-32-24-38-30(22-40(32)44-36)18-34(42-38)14-12-28-9-5-26(2)6-10-28/h3-10,15-24H,1-2H3/b16-15+. The molecule has 4 heteroatoms. The van der Waals surface area contributed by atoms with Crippen LogP contribution in [-0.4, -0.2) is 0 Å². The van der Waals surface area contributed by atoms with Gasteiger partial charge in [-0.25, -0.2) is 0 Å². The maximum atomic E-state index is 3.36. The van der Waals surface area contributed by atoms with Crippen molar-refractivity contribution in [3.8, 4) is 23.7 Å². The minimum Gasteiger partial charge on any atom is -0.136 e. The van der Waals surface area contributed by atoms with Gasteiger partial charge in [-0.2, -0.15) is 0 Å². The zero-order chi connectivity index (χ0) is 29.6. The first kappa shape index (κ1) is 27.2. The van der Waals surface area contributed by atoms with Gasteiger partial charge in [0, 0.05) is 39.7 Å². The van der Waals surface area contributed by atoms with Crippen LogP contribution in [0.4, 0.5) is 0 Å². The van der Waals surface area contributed by atoms with Gasteiger partial charge in [0.25, 0.3) is 0 Å². The minimum absolute atomic E-state index is 1.05. The Balaban J connectivity index is 1.01. The summed E-state index contributed by atoms with van der Waals surface area (Å²) in [6.45, 7) is 4.20. The van der Waals surface area contributed by atoms with Gasteiger partial charge in [0.05, 0.1) is 9.75 Å². The van der Waals surface area contributed by atoms with Gasteiger partial charge in [0.15, 0.2) is 0 Å². The van der Waals surface area contributed by atoms with E-state index in [9.17, 15) is 0 Å². The van der Waals surface area contributed by atoms with Gasteiger partial charge in [0.1, 0.15) is 0 Å². The predicted molar refractivity (Wildman–Crippen MR) is 198 cm³/mol. The van der Waals surface area contributed by atoms with Gasteiger partial charge < -0.3 is 0 Å². The van der Waals surface area contributed by atoms with Crippen molar-refractivity contribution in [1.82, 2.24) is 0 Å². The van der Waals surface area contributed by atoms with Crippen LogP contribution in [0.3, 0.4) is 0 Å². The molecule has 4 aromatic carbocycles. The maximum Gasteiger partial charge on any atom is 0.0784 e. The van der Waals surface area contributed by atoms with Gasteiger partial charge >= 0.3 is 0 Å². The van der Waals surface area contributed by atoms with Crippen molar-refractivity contribution in [2.45, 2.75) is 13.8 Å². The van der Waals surface area contributed by atoms with Crippen LogP contribution >= 0.6 is 45.3 Å². The Kier molecular flexibility index (Phi) is 6.94. The van der Waals surface area contributed by atoms with E-state index in [1.807, 2.05) is 22.7 Å². The summed E-state index contributed by atoms with van der Waals surface area (Å²) in [5.74, 6) is 13.3. The first-order chi connectivity index (χ1) is 21.5. The average Bonchev–Trinajstić information content (AvgIpc) is 3.80. The number of hydrogen-bond acceptors (Lipinski definition) is 4. The molecule has 0 atom stereocenters. The van der Waals surface area contributed by atoms with Crippen molar-refractivity contribution in [1.29, 1.82) is 0 Å². The van der Waals surface area contributed by atoms with E-state index in [4.69, 9.17) is 0 Å². The molecule has 4 heterocycles. The fraction of sp³-hybridized carbons (Fsp3) is 0.0500. The van der Waals surface area contributed by atoms with Crippen molar-refractivity contribution < 1.29 is 0 Å². The van der Waals surface area contributed by atoms with E-state index < -0.39 is 0 Å². The summed E-state index contributed by atoms with van der Waals surface area (Å²) in [5.41, 5.74) is 4.62. The number of fused-ring (bicyclic) bond motifs is 4. The molecule has 0 aliphatic heterocycles. The summed E-state index contributed by atoms with van der Waals surface area (Å²) >= 11 is 7.22. The minimum atomic E-state index is 1.05. The average molecular weight is 633 g/mol. The molecule has 0 aliphatic rings. The highest BCUT2D eigenvalue weighted by Crippen LogP contribution is 2.37. The summed E-state index contributed by atoms with van der Waals surface area (Å²) in [4.78, 5) is 4.75. The van der Waals surface area contributed by atoms with Gasteiger partial charge in [-0.3, -0.25) is 0 Å². The number of benzene rings is 4. The van der Waals surface area contributed by atoms with Crippen LogP contribution in [0.25, 0.3) is 52.5 Å². The summed E-state index contributed by atoms with van der Waals surface area (Å²) in [6.07, 6.45) is 4.51. The van der Waals surface area contributed by atoms with Crippen molar-refractivity contribution >= 4 is 97.8 Å². The molecule has 0 N–H and O–H groups in total. The molecule has 0 radical (unpaired) electrons. The molecule has 8 rings (SSSR count). The monoisotopic (exact) mass is 632 g/mol. The lowest BCUT2D eigenvalue weighted by Crippen LogP contribution is -1.74. The Morgan fingerprint density at radius 2 is 0.773 bits per heavy atom. The van der Waals surface area contributed by atoms with Crippen molar-refractivity contribution in [3.05, 3.63) is 139 Å². The molecule has 4 aromatic heterocycles. The van der Waals surface area contributed by atoms with E-state index >= 15 is 0 Å². The Morgan fingerprint density at radius 1 is 0.409 bits per heavy atom. The summed E-state index contributed by atoms with van der Waals surface area (Å²) in [5, 5.41) is 5.11. The second-order valence-electron chi connectivity index (χ2n) is 10.9. The second-order valence-corrected chi connectivity index (χ2v) is 15.3. The Hall–Kier alpha value is -4.42. The quantitative estimate of drug-likeness (QED) is 0.166. The van der Waals surface area contributed by atoms with E-state index in [1.54, 1.807) is 22.7 Å². The zero-order valence-corrected chi connectivity index (χ0v) is 27.3. The molecule has 0 saturated heterocycles. The Labute approximate surface area is 272 Å². The Morgan fingerprint density at radius 3 is 1.18 bits per heavy atom. The molecule has 0 bridgehead atoms. The summed E-state index contributed by atoms with van der Waals surface area (Å²) in [6, 6.07) is 35.1. The lowest BCUT2D eigenvalue weighted by atomic mass is 10.1. The van der Waals surface area contributed by atoms with E-state index in [1.165, 1.54) is 61.2 Å². The third kappa shape index (κ3) is 5.62. The number of aryl methyl sites for hydroxylation is 2. The molecule has 0 aliphatic carbocycles. The van der Waals surface area contributed by atoms with Gasteiger partial charge in [-0.15, -0.1) is 45.3 Å². The van der Waals surface area contributed by atoms with Crippen LogP contribution in [0.5, 0.6) is 0 Å². The molecule has 44 heavy (non-hydrogen) atoms. The SMILES string of the molecule is Cc1ccc(C#Cc2cc3cc4sc(/C=C/c5cc6cc7sc(C#Cc8ccc(C)cc8)cc7cc6s5)cc4cc3s2)cc1. The molecule has 0 saturated carbocycles. The van der Waals surface area contributed by atoms with Crippen molar-refractivity contribution in [3.63, 3.8) is 0 Å². The second kappa shape index (κ2) is 11.3. The fourth-order valence-electron chi connectivity index (χ4n) is 5.18. The van der Waals surface area contributed by atoms with Gasteiger partial charge in [-0.05, 0) is 120 Å². The highest BCUT2D eigenvalue weighted by molar-refractivity contribution is 7.22. The number of rotatable bonds is 2. The molecule has 8 aromatic rings. The lowest BCUT2D eigenvalue weighted by molar-refractivity contribution is 1.46. The van der Waals surface area contributed by atoms with Crippen LogP contribution in [-0.2, 0) is 0 Å². The molecule has 0 amide bonds. The van der Waals surface area contributed by atoms with E-state index in [-0.39, 0.29) is 0 Å². The van der Waals surface area contributed by atoms with Crippen LogP contribution in [0.1, 0.15) is 41.8 Å². The van der Waals surface area contributed by atoms with Gasteiger partial charge in [-0.1, -0.05) is 59.1 Å². The summed E-state index contributed by atoms with van der Waals surface area (Å²) in [7, 11) is 0. The van der Waals surface area contributed by atoms with Crippen LogP contribution in [0.2, 0.25) is 0 Å². The van der Waals surface area contributed by atoms with E-state index in [2.05, 4.69) is 147 Å². The highest BCUT2D eigenvalue weighted by atomic mass is 32.1. The Bertz CT molecular complexity index is 2220. The smallest absolute Gasteiger partial charge is 0.0784 e. The molecule has 0 spiro atoms. The fourth-order valence-corrected chi connectivity index (χ4v) is 9.07. The topological polar surface area (TPSA) is 0 Å². The molecule has 0 fully saturated rings. The molecule has 208 valence electrons. The molecule has 0 unspecified atom stereocenters. The van der Waals surface area contributed by atoms with Crippen molar-refractivity contribution in [2.24, 2.45) is 0 Å². The van der Waals surface area contributed by atoms with E-state index in [0.29, 0.717) is 0 Å². The van der Waals surface area contributed by atoms with Gasteiger partial charge in [0.2, 0.25) is 0 Å². The lowest BCUT2D eigenvalue weighted by Gasteiger charge is -1.90. The first-order valence-electron chi connectivity index (χ1n) is 14.3. The zero-order valence-electron chi connectivity index (χ0n) is 24.0. The number of thiophene rings is 4. The maximum absolute atomic E-state index is 3.36. The largest absolute Gasteiger partial charge is 0.136 e. The van der Waals surface area contributed by atoms with Crippen LogP contribution < -0.4 is 0 Å². The predicted octanol–water partition coefficient (Wildman–Crippen LogP) is 12.1. The molecular weight excluding hydrogens is 609 g/mol. The van der Waals surface area contributed by atoms with Crippen molar-refractivity contribution in [2.75, 3.05) is 0 Å². The third-order valence-electron chi connectivity index (χ3n) is 7.52. The highest BCUT2D eigenvalue weighted by Gasteiger charge is 2.08. The normalized spacial score (nSPS) is 11.4. The first-order valence-corrected chi connectivity index (χ1v) is 17.6. The molecule has 0 nitrogen and oxygen atoms in total. The van der Waals surface area contributed by atoms with Crippen LogP contribution in [0.15, 0.2) is 97.1 Å².